The Kier molecular flexibility index (Phi) is 2.62. The minimum atomic E-state index is 0.509. The first kappa shape index (κ1) is 11.6. The number of hydrogen-bond acceptors (Lipinski definition) is 3. The summed E-state index contributed by atoms with van der Waals surface area (Å²) in [5, 5.41) is 9.35. The SMILES string of the molecule is N#Cc1ccc(-n2cnc3cc(N)ccc32)c(Cl)c1. The summed E-state index contributed by atoms with van der Waals surface area (Å²) in [6, 6.07) is 12.7. The Morgan fingerprint density at radius 3 is 2.79 bits per heavy atom. The number of halogens is 1. The molecule has 0 amide bonds. The van der Waals surface area contributed by atoms with E-state index in [-0.39, 0.29) is 0 Å². The van der Waals surface area contributed by atoms with E-state index in [0.29, 0.717) is 16.3 Å². The van der Waals surface area contributed by atoms with E-state index in [0.717, 1.165) is 16.7 Å². The molecule has 0 atom stereocenters. The van der Waals surface area contributed by atoms with Gasteiger partial charge in [0.05, 0.1) is 33.4 Å². The first-order valence-electron chi connectivity index (χ1n) is 5.61. The molecule has 2 aromatic carbocycles. The molecule has 0 saturated heterocycles. The molecule has 0 bridgehead atoms. The van der Waals surface area contributed by atoms with Crippen molar-refractivity contribution in [1.82, 2.24) is 9.55 Å². The van der Waals surface area contributed by atoms with Gasteiger partial charge in [-0.1, -0.05) is 11.6 Å². The molecule has 0 spiro atoms. The number of imidazole rings is 1. The van der Waals surface area contributed by atoms with Crippen LogP contribution in [0.25, 0.3) is 16.7 Å². The van der Waals surface area contributed by atoms with Crippen LogP contribution in [0.15, 0.2) is 42.7 Å². The van der Waals surface area contributed by atoms with Crippen molar-refractivity contribution < 1.29 is 0 Å². The summed E-state index contributed by atoms with van der Waals surface area (Å²) < 4.78 is 1.87. The zero-order chi connectivity index (χ0) is 13.4. The molecule has 0 aliphatic rings. The molecule has 0 aliphatic heterocycles. The fourth-order valence-electron chi connectivity index (χ4n) is 1.99. The summed E-state index contributed by atoms with van der Waals surface area (Å²) in [7, 11) is 0. The largest absolute Gasteiger partial charge is 0.399 e. The van der Waals surface area contributed by atoms with Crippen LogP contribution >= 0.6 is 11.6 Å². The topological polar surface area (TPSA) is 67.6 Å². The first-order valence-corrected chi connectivity index (χ1v) is 5.99. The van der Waals surface area contributed by atoms with Gasteiger partial charge in [-0.3, -0.25) is 4.57 Å². The molecule has 1 heterocycles. The van der Waals surface area contributed by atoms with Gasteiger partial charge >= 0.3 is 0 Å². The Labute approximate surface area is 114 Å². The maximum absolute atomic E-state index is 8.84. The standard InChI is InChI=1S/C14H9ClN4/c15-11-5-9(7-16)1-3-13(11)19-8-18-12-6-10(17)2-4-14(12)19/h1-6,8H,17H2. The highest BCUT2D eigenvalue weighted by Crippen LogP contribution is 2.26. The van der Waals surface area contributed by atoms with E-state index in [9.17, 15) is 0 Å². The minimum absolute atomic E-state index is 0.509. The van der Waals surface area contributed by atoms with Crippen molar-refractivity contribution in [2.45, 2.75) is 0 Å². The zero-order valence-corrected chi connectivity index (χ0v) is 10.6. The van der Waals surface area contributed by atoms with E-state index in [1.165, 1.54) is 0 Å². The van der Waals surface area contributed by atoms with Gasteiger partial charge in [-0.2, -0.15) is 5.26 Å². The number of nitrogens with zero attached hydrogens (tertiary/aromatic N) is 3. The third-order valence-corrected chi connectivity index (χ3v) is 3.21. The van der Waals surface area contributed by atoms with E-state index in [1.807, 2.05) is 22.8 Å². The van der Waals surface area contributed by atoms with E-state index in [2.05, 4.69) is 11.1 Å². The lowest BCUT2D eigenvalue weighted by Gasteiger charge is -2.07. The maximum Gasteiger partial charge on any atom is 0.100 e. The molecule has 0 radical (unpaired) electrons. The second kappa shape index (κ2) is 4.30. The summed E-state index contributed by atoms with van der Waals surface area (Å²) in [5.41, 5.74) is 9.44. The van der Waals surface area contributed by atoms with E-state index in [1.54, 1.807) is 24.5 Å². The Bertz CT molecular complexity index is 814. The molecular formula is C14H9ClN4. The Morgan fingerprint density at radius 1 is 1.21 bits per heavy atom. The van der Waals surface area contributed by atoms with Crippen LogP contribution in [0, 0.1) is 11.3 Å². The lowest BCUT2D eigenvalue weighted by atomic mass is 10.2. The number of nitrogens with two attached hydrogens (primary N) is 1. The summed E-state index contributed by atoms with van der Waals surface area (Å²) >= 11 is 6.21. The molecule has 92 valence electrons. The van der Waals surface area contributed by atoms with Crippen molar-refractivity contribution in [3.63, 3.8) is 0 Å². The van der Waals surface area contributed by atoms with Crippen LogP contribution in [-0.4, -0.2) is 9.55 Å². The van der Waals surface area contributed by atoms with Gasteiger partial charge < -0.3 is 5.73 Å². The lowest BCUT2D eigenvalue weighted by Crippen LogP contribution is -1.94. The minimum Gasteiger partial charge on any atom is -0.399 e. The number of fused-ring (bicyclic) bond motifs is 1. The van der Waals surface area contributed by atoms with E-state index in [4.69, 9.17) is 22.6 Å². The van der Waals surface area contributed by atoms with Gasteiger partial charge in [0.25, 0.3) is 0 Å². The fourth-order valence-corrected chi connectivity index (χ4v) is 2.27. The summed E-state index contributed by atoms with van der Waals surface area (Å²) in [6.07, 6.45) is 1.69. The third-order valence-electron chi connectivity index (χ3n) is 2.91. The molecule has 0 unspecified atom stereocenters. The van der Waals surface area contributed by atoms with Crippen molar-refractivity contribution in [2.75, 3.05) is 5.73 Å². The number of hydrogen-bond donors (Lipinski definition) is 1. The zero-order valence-electron chi connectivity index (χ0n) is 9.84. The number of benzene rings is 2. The van der Waals surface area contributed by atoms with Crippen LogP contribution in [0.1, 0.15) is 5.56 Å². The predicted octanol–water partition coefficient (Wildman–Crippen LogP) is 3.13. The van der Waals surface area contributed by atoms with Crippen LogP contribution in [0.4, 0.5) is 5.69 Å². The first-order chi connectivity index (χ1) is 9.19. The number of nitrogen functional groups attached to an aromatic ring is 1. The highest BCUT2D eigenvalue weighted by molar-refractivity contribution is 6.32. The van der Waals surface area contributed by atoms with Gasteiger partial charge in [0.1, 0.15) is 6.33 Å². The van der Waals surface area contributed by atoms with Crippen molar-refractivity contribution in [1.29, 1.82) is 5.26 Å². The van der Waals surface area contributed by atoms with Crippen molar-refractivity contribution in [2.24, 2.45) is 0 Å². The van der Waals surface area contributed by atoms with E-state index >= 15 is 0 Å². The number of anilines is 1. The van der Waals surface area contributed by atoms with Crippen LogP contribution < -0.4 is 5.73 Å². The van der Waals surface area contributed by atoms with Gasteiger partial charge in [-0.15, -0.1) is 0 Å². The highest BCUT2D eigenvalue weighted by atomic mass is 35.5. The number of aromatic nitrogens is 2. The summed E-state index contributed by atoms with van der Waals surface area (Å²) in [4.78, 5) is 4.30. The average molecular weight is 269 g/mol. The molecule has 19 heavy (non-hydrogen) atoms. The van der Waals surface area contributed by atoms with Crippen molar-refractivity contribution in [3.8, 4) is 11.8 Å². The molecule has 0 fully saturated rings. The third kappa shape index (κ3) is 1.90. The Balaban J connectivity index is 2.22. The lowest BCUT2D eigenvalue weighted by molar-refractivity contribution is 1.09. The average Bonchev–Trinajstić information content (AvgIpc) is 2.81. The normalized spacial score (nSPS) is 10.5. The van der Waals surface area contributed by atoms with Gasteiger partial charge in [0, 0.05) is 5.69 Å². The predicted molar refractivity (Wildman–Crippen MR) is 75.2 cm³/mol. The Hall–Kier alpha value is -2.51. The fraction of sp³-hybridized carbons (Fsp3) is 0. The molecule has 3 aromatic rings. The molecule has 5 heteroatoms. The van der Waals surface area contributed by atoms with Crippen molar-refractivity contribution >= 4 is 28.3 Å². The van der Waals surface area contributed by atoms with Crippen LogP contribution in [0.5, 0.6) is 0 Å². The Morgan fingerprint density at radius 2 is 2.05 bits per heavy atom. The quantitative estimate of drug-likeness (QED) is 0.690. The summed E-state index contributed by atoms with van der Waals surface area (Å²) in [6.45, 7) is 0. The summed E-state index contributed by atoms with van der Waals surface area (Å²) in [5.74, 6) is 0. The van der Waals surface area contributed by atoms with Gasteiger partial charge in [0.15, 0.2) is 0 Å². The van der Waals surface area contributed by atoms with Gasteiger partial charge in [-0.05, 0) is 36.4 Å². The monoisotopic (exact) mass is 268 g/mol. The molecule has 0 aliphatic carbocycles. The molecule has 4 nitrogen and oxygen atoms in total. The molecule has 1 aromatic heterocycles. The van der Waals surface area contributed by atoms with Gasteiger partial charge in [-0.25, -0.2) is 4.98 Å². The second-order valence-electron chi connectivity index (χ2n) is 4.14. The highest BCUT2D eigenvalue weighted by Gasteiger charge is 2.08. The number of rotatable bonds is 1. The van der Waals surface area contributed by atoms with Crippen LogP contribution in [0.3, 0.4) is 0 Å². The van der Waals surface area contributed by atoms with E-state index < -0.39 is 0 Å². The molecular weight excluding hydrogens is 260 g/mol. The van der Waals surface area contributed by atoms with Gasteiger partial charge in [0.2, 0.25) is 0 Å². The molecule has 3 rings (SSSR count). The smallest absolute Gasteiger partial charge is 0.100 e. The van der Waals surface area contributed by atoms with Crippen molar-refractivity contribution in [3.05, 3.63) is 53.3 Å². The number of nitriles is 1. The second-order valence-corrected chi connectivity index (χ2v) is 4.55. The van der Waals surface area contributed by atoms with Crippen LogP contribution in [0.2, 0.25) is 5.02 Å². The molecule has 2 N–H and O–H groups in total. The maximum atomic E-state index is 8.84. The van der Waals surface area contributed by atoms with Crippen LogP contribution in [-0.2, 0) is 0 Å². The molecule has 0 saturated carbocycles.